The van der Waals surface area contributed by atoms with Crippen molar-refractivity contribution in [1.82, 2.24) is 40.3 Å². The molecule has 4 fully saturated rings. The van der Waals surface area contributed by atoms with Crippen LogP contribution in [0, 0.1) is 24.0 Å². The average molecular weight is 1270 g/mol. The van der Waals surface area contributed by atoms with Crippen molar-refractivity contribution in [3.8, 4) is 27.3 Å². The van der Waals surface area contributed by atoms with Crippen LogP contribution in [0.2, 0.25) is 0 Å². The summed E-state index contributed by atoms with van der Waals surface area (Å²) in [5.41, 5.74) is -0.140. The summed E-state index contributed by atoms with van der Waals surface area (Å²) in [7, 11) is 1.97. The van der Waals surface area contributed by atoms with E-state index in [0.29, 0.717) is 64.0 Å². The molecule has 9 rings (SSSR count). The Morgan fingerprint density at radius 2 is 1.49 bits per heavy atom. The van der Waals surface area contributed by atoms with Crippen LogP contribution >= 0.6 is 11.3 Å². The van der Waals surface area contributed by atoms with Gasteiger partial charge in [0.05, 0.1) is 51.3 Å². The van der Waals surface area contributed by atoms with Crippen LogP contribution in [0.1, 0.15) is 132 Å². The number of piperazine rings is 2. The fraction of sp³-hybridized carbons (Fsp3) is 0.538. The Morgan fingerprint density at radius 1 is 0.822 bits per heavy atom. The number of aliphatic hydroxyl groups excluding tert-OH is 1. The van der Waals surface area contributed by atoms with Crippen LogP contribution in [0.4, 0.5) is 43.7 Å². The van der Waals surface area contributed by atoms with Gasteiger partial charge in [0.1, 0.15) is 29.5 Å². The number of rotatable bonds is 23. The van der Waals surface area contributed by atoms with Crippen molar-refractivity contribution in [2.75, 3.05) is 74.6 Å². The first-order chi connectivity index (χ1) is 42.7. The first-order valence-corrected chi connectivity index (χ1v) is 31.8. The van der Waals surface area contributed by atoms with E-state index >= 15 is 4.39 Å². The minimum Gasteiger partial charge on any atom is -0.493 e. The molecule has 90 heavy (non-hydrogen) atoms. The zero-order valence-electron chi connectivity index (χ0n) is 52.0. The summed E-state index contributed by atoms with van der Waals surface area (Å²) in [5, 5.41) is 18.8. The Kier molecular flexibility index (Phi) is 21.2. The van der Waals surface area contributed by atoms with Crippen molar-refractivity contribution in [1.29, 1.82) is 0 Å². The van der Waals surface area contributed by atoms with E-state index in [2.05, 4.69) is 35.8 Å². The topological polar surface area (TPSA) is 206 Å². The Morgan fingerprint density at radius 3 is 2.12 bits per heavy atom. The molecule has 1 aliphatic carbocycles. The summed E-state index contributed by atoms with van der Waals surface area (Å²) >= 11 is 1.51. The Hall–Kier alpha value is -7.38. The van der Waals surface area contributed by atoms with Gasteiger partial charge in [-0.1, -0.05) is 65.0 Å². The number of amides is 5. The number of thiazole rings is 1. The SMILES string of the molecule is Cc1ncsc1-c1ccc(CNC(=O)[C@@H]2C[C@@H](O)CN2C(=O)[C@@H](NC(=O)C2(F)CC2)C(C)(C)C)c(OCCCCCCCCCC(=O)N2CCN(c3ncc(-c4cc(NC(=O)c5ccc(F)cc5C(F)(F)F)c(N5C[C@@H](C)N(C)[C@@H](C)C5)cc4F)cn3)CC2)c1. The summed E-state index contributed by atoms with van der Waals surface area (Å²) in [4.78, 5) is 91.0. The van der Waals surface area contributed by atoms with Crippen LogP contribution in [-0.4, -0.2) is 160 Å². The molecule has 1 saturated carbocycles. The number of benzene rings is 3. The van der Waals surface area contributed by atoms with Crippen LogP contribution in [-0.2, 0) is 31.9 Å². The highest BCUT2D eigenvalue weighted by molar-refractivity contribution is 7.13. The van der Waals surface area contributed by atoms with E-state index in [1.165, 1.54) is 40.8 Å². The molecule has 5 amide bonds. The Bertz CT molecular complexity index is 3380. The van der Waals surface area contributed by atoms with E-state index < -0.39 is 81.8 Å². The molecule has 3 aliphatic heterocycles. The highest BCUT2D eigenvalue weighted by Crippen LogP contribution is 2.42. The Balaban J connectivity index is 0.714. The molecule has 2 aromatic heterocycles. The van der Waals surface area contributed by atoms with Gasteiger partial charge >= 0.3 is 6.18 Å². The zero-order valence-corrected chi connectivity index (χ0v) is 52.8. The summed E-state index contributed by atoms with van der Waals surface area (Å²) in [6, 6.07) is 8.12. The van der Waals surface area contributed by atoms with E-state index in [9.17, 15) is 51.0 Å². The standard InChI is InChI=1S/C65H81F6N11O7S/c1-39-35-81(36-40(2)78(39)7)52-31-50(67)48(30-51(52)76-58(85)47-19-18-45(66)28-49(47)65(69,70)71)44-33-73-62(74-34-44)80-24-22-79(23-25-80)55(84)15-13-11-9-8-10-12-14-26-89-54-27-42(56-41(3)75-38-90-56)16-17-43(54)32-72-59(86)53-29-46(83)37-82(53)60(87)57(63(4,5)6)77-61(88)64(68)20-21-64/h16-19,27-28,30-31,33-34,38-40,46,53,57,83H,8-15,20-26,29,32,35-37H2,1-7H3,(H,72,86)(H,76,85)(H,77,88)/t39-,40+,46-,53+,57-/m1/s1. The maximum Gasteiger partial charge on any atom is 0.417 e. The summed E-state index contributed by atoms with van der Waals surface area (Å²) in [6.45, 7) is 14.3. The lowest BCUT2D eigenvalue weighted by atomic mass is 9.85. The second kappa shape index (κ2) is 28.4. The molecule has 3 saturated heterocycles. The van der Waals surface area contributed by atoms with Crippen molar-refractivity contribution in [3.05, 3.63) is 100 Å². The molecule has 0 unspecified atom stereocenters. The molecule has 5 heterocycles. The molecule has 486 valence electrons. The van der Waals surface area contributed by atoms with Gasteiger partial charge in [-0.05, 0) is 101 Å². The van der Waals surface area contributed by atoms with Crippen LogP contribution in [0.25, 0.3) is 21.6 Å². The average Bonchev–Trinajstić information content (AvgIpc) is 1.27. The lowest BCUT2D eigenvalue weighted by Crippen LogP contribution is -2.59. The number of hydrogen-bond donors (Lipinski definition) is 4. The van der Waals surface area contributed by atoms with E-state index in [4.69, 9.17) is 4.74 Å². The van der Waals surface area contributed by atoms with Gasteiger partial charge in [0, 0.05) is 106 Å². The van der Waals surface area contributed by atoms with Gasteiger partial charge in [-0.15, -0.1) is 11.3 Å². The molecule has 0 bridgehead atoms. The smallest absolute Gasteiger partial charge is 0.417 e. The predicted octanol–water partition coefficient (Wildman–Crippen LogP) is 10.1. The van der Waals surface area contributed by atoms with Crippen molar-refractivity contribution < 1.29 is 60.2 Å². The lowest BCUT2D eigenvalue weighted by Gasteiger charge is -2.44. The van der Waals surface area contributed by atoms with Crippen LogP contribution in [0.5, 0.6) is 5.75 Å². The van der Waals surface area contributed by atoms with Crippen molar-refractivity contribution >= 4 is 58.2 Å². The molecule has 3 aromatic carbocycles. The summed E-state index contributed by atoms with van der Waals surface area (Å²) in [5.74, 6) is -3.80. The third-order valence-electron chi connectivity index (χ3n) is 17.6. The molecular formula is C65H81F6N11O7S. The number of unbranched alkanes of at least 4 members (excludes halogenated alkanes) is 6. The van der Waals surface area contributed by atoms with Gasteiger partial charge in [-0.25, -0.2) is 28.1 Å². The summed E-state index contributed by atoms with van der Waals surface area (Å²) in [6.07, 6.45) is 3.80. The quantitative estimate of drug-likeness (QED) is 0.0355. The molecule has 4 N–H and O–H groups in total. The van der Waals surface area contributed by atoms with Crippen molar-refractivity contribution in [2.24, 2.45) is 5.41 Å². The number of aliphatic hydroxyl groups is 1. The van der Waals surface area contributed by atoms with Gasteiger partial charge < -0.3 is 45.4 Å². The minimum atomic E-state index is -5.02. The predicted molar refractivity (Wildman–Crippen MR) is 332 cm³/mol. The van der Waals surface area contributed by atoms with Gasteiger partial charge in [0.15, 0.2) is 5.67 Å². The third-order valence-corrected chi connectivity index (χ3v) is 18.6. The third kappa shape index (κ3) is 16.2. The second-order valence-electron chi connectivity index (χ2n) is 25.4. The van der Waals surface area contributed by atoms with Gasteiger partial charge in [0.2, 0.25) is 23.7 Å². The van der Waals surface area contributed by atoms with Crippen LogP contribution in [0.3, 0.4) is 0 Å². The normalized spacial score (nSPS) is 19.8. The lowest BCUT2D eigenvalue weighted by molar-refractivity contribution is -0.145. The highest BCUT2D eigenvalue weighted by Gasteiger charge is 2.53. The molecule has 5 atom stereocenters. The Labute approximate surface area is 525 Å². The van der Waals surface area contributed by atoms with Gasteiger partial charge in [-0.2, -0.15) is 13.2 Å². The highest BCUT2D eigenvalue weighted by atomic mass is 32.1. The number of carbonyl (C=O) groups excluding carboxylic acids is 5. The number of anilines is 3. The number of aromatic nitrogens is 3. The van der Waals surface area contributed by atoms with Gasteiger partial charge in [-0.3, -0.25) is 28.9 Å². The number of β-amino-alcohol motifs (C(OH)–C–C–N with tert-alkyl or cyclic N) is 1. The number of nitrogens with one attached hydrogen (secondary N) is 3. The van der Waals surface area contributed by atoms with E-state index in [-0.39, 0.29) is 78.9 Å². The number of aryl methyl sites for hydroxylation is 1. The minimum absolute atomic E-state index is 0.00394. The molecule has 0 radical (unpaired) electrons. The molecule has 5 aromatic rings. The number of halogens is 6. The molecule has 4 aliphatic rings. The number of alkyl halides is 4. The van der Waals surface area contributed by atoms with Crippen molar-refractivity contribution in [2.45, 2.75) is 161 Å². The number of likely N-dealkylation sites (N-methyl/N-ethyl adjacent to an activating group) is 1. The molecule has 25 heteroatoms. The number of nitrogens with zero attached hydrogens (tertiary/aromatic N) is 8. The number of carbonyl (C=O) groups is 5. The maximum atomic E-state index is 16.2. The van der Waals surface area contributed by atoms with Crippen LogP contribution < -0.4 is 30.5 Å². The largest absolute Gasteiger partial charge is 0.493 e. The zero-order chi connectivity index (χ0) is 64.8. The first-order valence-electron chi connectivity index (χ1n) is 30.9. The van der Waals surface area contributed by atoms with Crippen molar-refractivity contribution in [3.63, 3.8) is 0 Å². The first kappa shape index (κ1) is 67.0. The number of hydrogen-bond acceptors (Lipinski definition) is 14. The fourth-order valence-corrected chi connectivity index (χ4v) is 12.6. The molecular weight excluding hydrogens is 1190 g/mol. The van der Waals surface area contributed by atoms with E-state index in [1.807, 2.05) is 60.7 Å². The number of likely N-dealkylation sites (tertiary alicyclic amines) is 1. The monoisotopic (exact) mass is 1270 g/mol. The molecule has 0 spiro atoms. The fourth-order valence-electron chi connectivity index (χ4n) is 11.8. The van der Waals surface area contributed by atoms with E-state index in [1.54, 1.807) is 26.3 Å². The van der Waals surface area contributed by atoms with E-state index in [0.717, 1.165) is 78.8 Å². The molecule has 18 nitrogen and oxygen atoms in total. The summed E-state index contributed by atoms with van der Waals surface area (Å²) < 4.78 is 93.3. The number of ether oxygens (including phenoxy) is 1. The maximum absolute atomic E-state index is 16.2. The second-order valence-corrected chi connectivity index (χ2v) is 26.3. The van der Waals surface area contributed by atoms with Gasteiger partial charge in [0.25, 0.3) is 11.8 Å². The van der Waals surface area contributed by atoms with Crippen LogP contribution in [0.15, 0.2) is 66.4 Å².